The molecule has 2 heterocycles. The van der Waals surface area contributed by atoms with Gasteiger partial charge in [0, 0.05) is 24.8 Å². The van der Waals surface area contributed by atoms with E-state index in [0.717, 1.165) is 0 Å². The fourth-order valence-corrected chi connectivity index (χ4v) is 0.625. The van der Waals surface area contributed by atoms with Gasteiger partial charge < -0.3 is 0 Å². The van der Waals surface area contributed by atoms with Gasteiger partial charge in [-0.25, -0.2) is 0 Å². The SMILES string of the molecule is [Cr+2].c1ccncc1.c1ccncc1. The van der Waals surface area contributed by atoms with Crippen molar-refractivity contribution >= 4 is 0 Å². The molecule has 0 saturated heterocycles. The minimum atomic E-state index is 0. The average molecular weight is 210 g/mol. The van der Waals surface area contributed by atoms with Crippen LogP contribution in [0.25, 0.3) is 0 Å². The Balaban J connectivity index is 0.000000206. The van der Waals surface area contributed by atoms with Gasteiger partial charge in [-0.05, 0) is 24.3 Å². The van der Waals surface area contributed by atoms with E-state index in [1.807, 2.05) is 36.4 Å². The molecule has 0 spiro atoms. The molecule has 64 valence electrons. The van der Waals surface area contributed by atoms with Crippen molar-refractivity contribution in [3.05, 3.63) is 61.2 Å². The summed E-state index contributed by atoms with van der Waals surface area (Å²) in [7, 11) is 0. The maximum absolute atomic E-state index is 3.78. The van der Waals surface area contributed by atoms with Crippen LogP contribution in [0, 0.1) is 0 Å². The van der Waals surface area contributed by atoms with Gasteiger partial charge in [0.25, 0.3) is 0 Å². The molecule has 2 aromatic heterocycles. The molecule has 0 unspecified atom stereocenters. The summed E-state index contributed by atoms with van der Waals surface area (Å²) in [6.07, 6.45) is 7.00. The van der Waals surface area contributed by atoms with Crippen LogP contribution in [0.2, 0.25) is 0 Å². The van der Waals surface area contributed by atoms with Gasteiger partial charge in [-0.2, -0.15) is 0 Å². The van der Waals surface area contributed by atoms with Crippen LogP contribution in [0.3, 0.4) is 0 Å². The molecule has 0 saturated carbocycles. The Labute approximate surface area is 88.8 Å². The summed E-state index contributed by atoms with van der Waals surface area (Å²) in [6, 6.07) is 11.4. The first-order valence-corrected chi connectivity index (χ1v) is 3.70. The third kappa shape index (κ3) is 7.20. The topological polar surface area (TPSA) is 25.8 Å². The zero-order chi connectivity index (χ0) is 8.49. The van der Waals surface area contributed by atoms with Gasteiger partial charge in [-0.15, -0.1) is 0 Å². The molecule has 0 atom stereocenters. The smallest absolute Gasteiger partial charge is 0.265 e. The minimum absolute atomic E-state index is 0. The normalized spacial score (nSPS) is 7.38. The Morgan fingerprint density at radius 1 is 0.462 bits per heavy atom. The van der Waals surface area contributed by atoms with E-state index in [1.165, 1.54) is 0 Å². The van der Waals surface area contributed by atoms with Crippen molar-refractivity contribution in [1.82, 2.24) is 9.97 Å². The quantitative estimate of drug-likeness (QED) is 0.665. The van der Waals surface area contributed by atoms with E-state index in [9.17, 15) is 0 Å². The Morgan fingerprint density at radius 2 is 0.769 bits per heavy atom. The second kappa shape index (κ2) is 8.92. The molecule has 0 aromatic carbocycles. The maximum atomic E-state index is 3.78. The summed E-state index contributed by atoms with van der Waals surface area (Å²) >= 11 is 0. The van der Waals surface area contributed by atoms with Crippen LogP contribution in [-0.4, -0.2) is 9.97 Å². The van der Waals surface area contributed by atoms with Gasteiger partial charge in [0.2, 0.25) is 0 Å². The standard InChI is InChI=1S/2C5H5N.Cr/c2*1-2-4-6-5-3-1;/h2*1-5H;/q;;+2. The van der Waals surface area contributed by atoms with Gasteiger partial charge in [0.05, 0.1) is 0 Å². The second-order valence-electron chi connectivity index (χ2n) is 2.05. The van der Waals surface area contributed by atoms with E-state index >= 15 is 0 Å². The molecule has 3 heteroatoms. The number of pyridine rings is 2. The van der Waals surface area contributed by atoms with Crippen LogP contribution in [0.4, 0.5) is 0 Å². The molecule has 2 aromatic rings. The van der Waals surface area contributed by atoms with Crippen molar-refractivity contribution in [2.75, 3.05) is 0 Å². The van der Waals surface area contributed by atoms with Crippen molar-refractivity contribution in [1.29, 1.82) is 0 Å². The molecule has 2 rings (SSSR count). The predicted octanol–water partition coefficient (Wildman–Crippen LogP) is 2.16. The summed E-state index contributed by atoms with van der Waals surface area (Å²) in [4.78, 5) is 7.57. The van der Waals surface area contributed by atoms with E-state index in [2.05, 4.69) is 9.97 Å². The number of nitrogens with zero attached hydrogens (tertiary/aromatic N) is 2. The first-order chi connectivity index (χ1) is 6.00. The van der Waals surface area contributed by atoms with E-state index < -0.39 is 0 Å². The van der Waals surface area contributed by atoms with E-state index in [0.29, 0.717) is 0 Å². The summed E-state index contributed by atoms with van der Waals surface area (Å²) in [5.74, 6) is 0. The van der Waals surface area contributed by atoms with Crippen LogP contribution < -0.4 is 0 Å². The summed E-state index contributed by atoms with van der Waals surface area (Å²) in [5.41, 5.74) is 0. The second-order valence-corrected chi connectivity index (χ2v) is 2.05. The molecule has 2 nitrogen and oxygen atoms in total. The molecule has 0 N–H and O–H groups in total. The molecule has 13 heavy (non-hydrogen) atoms. The number of hydrogen-bond acceptors (Lipinski definition) is 2. The fraction of sp³-hybridized carbons (Fsp3) is 0. The van der Waals surface area contributed by atoms with Crippen molar-refractivity contribution in [2.45, 2.75) is 0 Å². The first kappa shape index (κ1) is 11.8. The van der Waals surface area contributed by atoms with Crippen LogP contribution in [0.5, 0.6) is 0 Å². The van der Waals surface area contributed by atoms with Gasteiger partial charge in [-0.3, -0.25) is 9.97 Å². The summed E-state index contributed by atoms with van der Waals surface area (Å²) in [6.45, 7) is 0. The Kier molecular flexibility index (Phi) is 8.12. The molecule has 0 amide bonds. The Hall–Kier alpha value is -1.17. The van der Waals surface area contributed by atoms with Crippen molar-refractivity contribution in [2.24, 2.45) is 0 Å². The van der Waals surface area contributed by atoms with Gasteiger partial charge >= 0.3 is 17.4 Å². The van der Waals surface area contributed by atoms with Crippen molar-refractivity contribution < 1.29 is 17.4 Å². The van der Waals surface area contributed by atoms with E-state index in [-0.39, 0.29) is 17.4 Å². The largest absolute Gasteiger partial charge is 2.00 e. The van der Waals surface area contributed by atoms with E-state index in [4.69, 9.17) is 0 Å². The predicted molar refractivity (Wildman–Crippen MR) is 48.5 cm³/mol. The first-order valence-electron chi connectivity index (χ1n) is 3.70. The zero-order valence-corrected chi connectivity index (χ0v) is 8.35. The molecular weight excluding hydrogens is 200 g/mol. The minimum Gasteiger partial charge on any atom is -0.265 e. The summed E-state index contributed by atoms with van der Waals surface area (Å²) < 4.78 is 0. The third-order valence-corrected chi connectivity index (χ3v) is 1.13. The van der Waals surface area contributed by atoms with Gasteiger partial charge in [0.15, 0.2) is 0 Å². The van der Waals surface area contributed by atoms with Crippen LogP contribution in [-0.2, 0) is 17.4 Å². The number of aromatic nitrogens is 2. The number of hydrogen-bond donors (Lipinski definition) is 0. The third-order valence-electron chi connectivity index (χ3n) is 1.13. The van der Waals surface area contributed by atoms with Crippen molar-refractivity contribution in [3.8, 4) is 0 Å². The maximum Gasteiger partial charge on any atom is 2.00 e. The van der Waals surface area contributed by atoms with Gasteiger partial charge in [-0.1, -0.05) is 12.1 Å². The van der Waals surface area contributed by atoms with Gasteiger partial charge in [0.1, 0.15) is 0 Å². The molecule has 0 aliphatic heterocycles. The molecule has 0 fully saturated rings. The summed E-state index contributed by atoms with van der Waals surface area (Å²) in [5, 5.41) is 0. The van der Waals surface area contributed by atoms with Crippen LogP contribution in [0.1, 0.15) is 0 Å². The molecule has 0 bridgehead atoms. The molecule has 0 radical (unpaired) electrons. The monoisotopic (exact) mass is 210 g/mol. The fourth-order valence-electron chi connectivity index (χ4n) is 0.625. The van der Waals surface area contributed by atoms with Crippen LogP contribution >= 0.6 is 0 Å². The average Bonchev–Trinajstić information content (AvgIpc) is 2.24. The molecule has 0 aliphatic rings. The Bertz CT molecular complexity index is 188. The van der Waals surface area contributed by atoms with Crippen molar-refractivity contribution in [3.63, 3.8) is 0 Å². The molecule has 0 aliphatic carbocycles. The number of rotatable bonds is 0. The van der Waals surface area contributed by atoms with Crippen LogP contribution in [0.15, 0.2) is 61.2 Å². The van der Waals surface area contributed by atoms with E-state index in [1.54, 1.807) is 24.8 Å². The molecular formula is C10H10CrN2+2. The Morgan fingerprint density at radius 3 is 0.846 bits per heavy atom. The zero-order valence-electron chi connectivity index (χ0n) is 7.08.